The van der Waals surface area contributed by atoms with Gasteiger partial charge in [0.05, 0.1) is 22.9 Å². The lowest BCUT2D eigenvalue weighted by molar-refractivity contribution is 0.102. The topological polar surface area (TPSA) is 106 Å². The third-order valence-corrected chi connectivity index (χ3v) is 3.93. The fourth-order valence-electron chi connectivity index (χ4n) is 2.56. The average Bonchev–Trinajstić information content (AvgIpc) is 2.74. The van der Waals surface area contributed by atoms with Gasteiger partial charge in [-0.05, 0) is 48.5 Å². The zero-order valence-corrected chi connectivity index (χ0v) is 14.6. The molecule has 0 spiro atoms. The minimum absolute atomic E-state index is 0.283. The first-order chi connectivity index (χ1) is 13.6. The van der Waals surface area contributed by atoms with Crippen molar-refractivity contribution in [3.05, 3.63) is 95.1 Å². The second-order valence-corrected chi connectivity index (χ2v) is 5.84. The number of hydrogen-bond acceptors (Lipinski definition) is 4. The minimum Gasteiger partial charge on any atom is -0.322 e. The van der Waals surface area contributed by atoms with Gasteiger partial charge in [-0.15, -0.1) is 0 Å². The normalized spacial score (nSPS) is 9.64. The van der Waals surface area contributed by atoms with E-state index in [1.54, 1.807) is 66.7 Å². The zero-order chi connectivity index (χ0) is 19.9. The number of nitrogens with zero attached hydrogens (tertiary/aromatic N) is 2. The number of carbonyl (C=O) groups excluding carboxylic acids is 2. The second kappa shape index (κ2) is 8.31. The number of anilines is 2. The van der Waals surface area contributed by atoms with Crippen LogP contribution in [0.5, 0.6) is 0 Å². The van der Waals surface area contributed by atoms with Gasteiger partial charge in [0, 0.05) is 16.8 Å². The molecule has 0 unspecified atom stereocenters. The average molecular weight is 366 g/mol. The number of benzene rings is 3. The van der Waals surface area contributed by atoms with Crippen molar-refractivity contribution in [1.82, 2.24) is 0 Å². The van der Waals surface area contributed by atoms with Crippen molar-refractivity contribution in [2.24, 2.45) is 0 Å². The number of amides is 2. The summed E-state index contributed by atoms with van der Waals surface area (Å²) in [6, 6.07) is 23.5. The molecule has 6 nitrogen and oxygen atoms in total. The van der Waals surface area contributed by atoms with E-state index in [-0.39, 0.29) is 5.56 Å². The molecule has 0 atom stereocenters. The van der Waals surface area contributed by atoms with Crippen LogP contribution in [0.3, 0.4) is 0 Å². The molecule has 3 rings (SSSR count). The van der Waals surface area contributed by atoms with Crippen molar-refractivity contribution >= 4 is 23.2 Å². The molecule has 3 aromatic carbocycles. The van der Waals surface area contributed by atoms with Crippen molar-refractivity contribution < 1.29 is 9.59 Å². The molecule has 0 aliphatic rings. The van der Waals surface area contributed by atoms with Crippen LogP contribution >= 0.6 is 0 Å². The van der Waals surface area contributed by atoms with Crippen LogP contribution in [0.4, 0.5) is 11.4 Å². The minimum atomic E-state index is -0.427. The summed E-state index contributed by atoms with van der Waals surface area (Å²) >= 11 is 0. The SMILES string of the molecule is N#Cc1cccc(NC(=O)c2cccc(C(=O)Nc3ccccc3C#N)c2)c1. The molecule has 6 heteroatoms. The quantitative estimate of drug-likeness (QED) is 0.729. The molecule has 0 radical (unpaired) electrons. The molecular formula is C22H14N4O2. The van der Waals surface area contributed by atoms with E-state index >= 15 is 0 Å². The maximum atomic E-state index is 12.5. The number of nitrogens with one attached hydrogen (secondary N) is 2. The van der Waals surface area contributed by atoms with Gasteiger partial charge in [-0.25, -0.2) is 0 Å². The molecule has 0 heterocycles. The van der Waals surface area contributed by atoms with E-state index in [1.165, 1.54) is 6.07 Å². The van der Waals surface area contributed by atoms with Crippen LogP contribution in [0.2, 0.25) is 0 Å². The van der Waals surface area contributed by atoms with Crippen molar-refractivity contribution in [3.8, 4) is 12.1 Å². The number of para-hydroxylation sites is 1. The first-order valence-electron chi connectivity index (χ1n) is 8.33. The van der Waals surface area contributed by atoms with Gasteiger partial charge in [0.15, 0.2) is 0 Å². The molecule has 0 saturated heterocycles. The molecule has 134 valence electrons. The summed E-state index contributed by atoms with van der Waals surface area (Å²) < 4.78 is 0. The Bertz CT molecular complexity index is 1140. The highest BCUT2D eigenvalue weighted by molar-refractivity contribution is 6.09. The number of hydrogen-bond donors (Lipinski definition) is 2. The summed E-state index contributed by atoms with van der Waals surface area (Å²) in [5.74, 6) is -0.828. The summed E-state index contributed by atoms with van der Waals surface area (Å²) in [6.45, 7) is 0. The largest absolute Gasteiger partial charge is 0.322 e. The predicted octanol–water partition coefficient (Wildman–Crippen LogP) is 3.93. The fourth-order valence-corrected chi connectivity index (χ4v) is 2.56. The maximum Gasteiger partial charge on any atom is 0.255 e. The monoisotopic (exact) mass is 366 g/mol. The van der Waals surface area contributed by atoms with Crippen LogP contribution in [-0.2, 0) is 0 Å². The molecule has 0 bridgehead atoms. The molecular weight excluding hydrogens is 352 g/mol. The van der Waals surface area contributed by atoms with Gasteiger partial charge in [0.2, 0.25) is 0 Å². The first-order valence-corrected chi connectivity index (χ1v) is 8.33. The Labute approximate surface area is 161 Å². The van der Waals surface area contributed by atoms with Crippen LogP contribution in [-0.4, -0.2) is 11.8 Å². The number of nitriles is 2. The van der Waals surface area contributed by atoms with Crippen LogP contribution in [0.25, 0.3) is 0 Å². The van der Waals surface area contributed by atoms with E-state index in [9.17, 15) is 9.59 Å². The number of carbonyl (C=O) groups is 2. The van der Waals surface area contributed by atoms with Crippen LogP contribution < -0.4 is 10.6 Å². The molecule has 0 aliphatic carbocycles. The molecule has 0 saturated carbocycles. The van der Waals surface area contributed by atoms with Gasteiger partial charge in [0.1, 0.15) is 6.07 Å². The Kier molecular flexibility index (Phi) is 5.45. The number of rotatable bonds is 4. The summed E-state index contributed by atoms with van der Waals surface area (Å²) in [5.41, 5.74) is 2.25. The third-order valence-electron chi connectivity index (χ3n) is 3.93. The summed E-state index contributed by atoms with van der Waals surface area (Å²) in [5, 5.41) is 23.4. The van der Waals surface area contributed by atoms with Gasteiger partial charge < -0.3 is 10.6 Å². The molecule has 2 amide bonds. The van der Waals surface area contributed by atoms with E-state index in [1.807, 2.05) is 12.1 Å². The van der Waals surface area contributed by atoms with Gasteiger partial charge in [-0.3, -0.25) is 9.59 Å². The first kappa shape index (κ1) is 18.4. The Morgan fingerprint density at radius 2 is 1.39 bits per heavy atom. The van der Waals surface area contributed by atoms with Gasteiger partial charge in [-0.1, -0.05) is 24.3 Å². The van der Waals surface area contributed by atoms with Gasteiger partial charge in [0.25, 0.3) is 11.8 Å². The maximum absolute atomic E-state index is 12.5. The molecule has 2 N–H and O–H groups in total. The highest BCUT2D eigenvalue weighted by Crippen LogP contribution is 2.16. The van der Waals surface area contributed by atoms with Crippen molar-refractivity contribution in [1.29, 1.82) is 10.5 Å². The highest BCUT2D eigenvalue weighted by atomic mass is 16.2. The molecule has 0 fully saturated rings. The van der Waals surface area contributed by atoms with E-state index < -0.39 is 11.8 Å². The van der Waals surface area contributed by atoms with E-state index in [0.717, 1.165) is 0 Å². The molecule has 0 aliphatic heterocycles. The lowest BCUT2D eigenvalue weighted by atomic mass is 10.1. The smallest absolute Gasteiger partial charge is 0.255 e. The lowest BCUT2D eigenvalue weighted by Gasteiger charge is -2.09. The molecule has 28 heavy (non-hydrogen) atoms. The van der Waals surface area contributed by atoms with Crippen molar-refractivity contribution in [2.45, 2.75) is 0 Å². The van der Waals surface area contributed by atoms with E-state index in [4.69, 9.17) is 10.5 Å². The van der Waals surface area contributed by atoms with Crippen molar-refractivity contribution in [3.63, 3.8) is 0 Å². The Hall–Kier alpha value is -4.42. The molecule has 0 aromatic heterocycles. The lowest BCUT2D eigenvalue weighted by Crippen LogP contribution is -2.16. The Balaban J connectivity index is 1.78. The van der Waals surface area contributed by atoms with Crippen LogP contribution in [0.1, 0.15) is 31.8 Å². The van der Waals surface area contributed by atoms with Crippen LogP contribution in [0.15, 0.2) is 72.8 Å². The van der Waals surface area contributed by atoms with Crippen LogP contribution in [0, 0.1) is 22.7 Å². The summed E-state index contributed by atoms with van der Waals surface area (Å²) in [4.78, 5) is 25.0. The summed E-state index contributed by atoms with van der Waals surface area (Å²) in [6.07, 6.45) is 0. The zero-order valence-electron chi connectivity index (χ0n) is 14.6. The second-order valence-electron chi connectivity index (χ2n) is 5.84. The Morgan fingerprint density at radius 1 is 0.714 bits per heavy atom. The predicted molar refractivity (Wildman–Crippen MR) is 105 cm³/mol. The fraction of sp³-hybridized carbons (Fsp3) is 0. The Morgan fingerprint density at radius 3 is 2.11 bits per heavy atom. The molecule has 3 aromatic rings. The van der Waals surface area contributed by atoms with E-state index in [2.05, 4.69) is 10.6 Å². The van der Waals surface area contributed by atoms with Gasteiger partial charge in [-0.2, -0.15) is 10.5 Å². The standard InChI is InChI=1S/C22H14N4O2/c23-13-15-5-3-9-19(11-15)25-21(27)16-7-4-8-17(12-16)22(28)26-20-10-2-1-6-18(20)14-24/h1-12H,(H,25,27)(H,26,28). The van der Waals surface area contributed by atoms with Crippen molar-refractivity contribution in [2.75, 3.05) is 10.6 Å². The van der Waals surface area contributed by atoms with E-state index in [0.29, 0.717) is 28.1 Å². The van der Waals surface area contributed by atoms with Gasteiger partial charge >= 0.3 is 0 Å². The highest BCUT2D eigenvalue weighted by Gasteiger charge is 2.12. The summed E-state index contributed by atoms with van der Waals surface area (Å²) in [7, 11) is 0. The third kappa shape index (κ3) is 4.21.